The van der Waals surface area contributed by atoms with Crippen molar-refractivity contribution in [3.8, 4) is 22.6 Å². The summed E-state index contributed by atoms with van der Waals surface area (Å²) in [4.78, 5) is -0.0753. The Morgan fingerprint density at radius 2 is 1.38 bits per heavy atom. The molecule has 4 aromatic rings. The second-order valence-corrected chi connectivity index (χ2v) is 9.30. The van der Waals surface area contributed by atoms with Gasteiger partial charge < -0.3 is 4.74 Å². The van der Waals surface area contributed by atoms with Gasteiger partial charge in [-0.2, -0.15) is 13.2 Å². The largest absolute Gasteiger partial charge is 0.455 e. The van der Waals surface area contributed by atoms with Crippen LogP contribution in [0.15, 0.2) is 102 Å². The van der Waals surface area contributed by atoms with E-state index in [2.05, 4.69) is 4.72 Å². The topological polar surface area (TPSA) is 55.4 Å². The van der Waals surface area contributed by atoms with Gasteiger partial charge in [0.25, 0.3) is 10.0 Å². The Hall–Kier alpha value is -3.78. The van der Waals surface area contributed by atoms with Crippen LogP contribution in [0.3, 0.4) is 0 Å². The summed E-state index contributed by atoms with van der Waals surface area (Å²) in [6, 6.07) is 25.2. The van der Waals surface area contributed by atoms with Crippen LogP contribution in [0.5, 0.6) is 11.5 Å². The number of ether oxygens (including phenoxy) is 1. The predicted molar refractivity (Wildman–Crippen MR) is 125 cm³/mol. The second kappa shape index (κ2) is 9.23. The molecule has 0 heterocycles. The molecule has 0 unspecified atom stereocenters. The Morgan fingerprint density at radius 1 is 0.765 bits per heavy atom. The summed E-state index contributed by atoms with van der Waals surface area (Å²) in [5.41, 5.74) is 1.46. The minimum atomic E-state index is -4.65. The SMILES string of the molecule is Cc1ccc(S(=O)(=O)Nc2cc(C(F)(F)F)ccc2Oc2ccc(-c3ccccc3)cc2)cc1. The van der Waals surface area contributed by atoms with E-state index >= 15 is 0 Å². The van der Waals surface area contributed by atoms with Crippen LogP contribution in [0.25, 0.3) is 11.1 Å². The van der Waals surface area contributed by atoms with Gasteiger partial charge in [-0.1, -0.05) is 60.2 Å². The molecule has 0 aliphatic rings. The number of sulfonamides is 1. The van der Waals surface area contributed by atoms with Crippen molar-refractivity contribution in [1.82, 2.24) is 0 Å². The smallest absolute Gasteiger partial charge is 0.416 e. The molecule has 0 aliphatic carbocycles. The number of halogens is 3. The minimum Gasteiger partial charge on any atom is -0.455 e. The summed E-state index contributed by atoms with van der Waals surface area (Å²) in [6.07, 6.45) is -4.65. The van der Waals surface area contributed by atoms with E-state index in [0.29, 0.717) is 5.75 Å². The lowest BCUT2D eigenvalue weighted by molar-refractivity contribution is -0.137. The average molecular weight is 484 g/mol. The molecule has 8 heteroatoms. The predicted octanol–water partition coefficient (Wildman–Crippen LogP) is 7.27. The lowest BCUT2D eigenvalue weighted by Crippen LogP contribution is -2.15. The second-order valence-electron chi connectivity index (χ2n) is 7.62. The highest BCUT2D eigenvalue weighted by molar-refractivity contribution is 7.92. The van der Waals surface area contributed by atoms with Gasteiger partial charge in [0.15, 0.2) is 5.75 Å². The van der Waals surface area contributed by atoms with Crippen LogP contribution in [0, 0.1) is 6.92 Å². The first-order valence-corrected chi connectivity index (χ1v) is 11.7. The lowest BCUT2D eigenvalue weighted by Gasteiger charge is -2.16. The molecule has 0 bridgehead atoms. The van der Waals surface area contributed by atoms with E-state index < -0.39 is 21.8 Å². The fourth-order valence-corrected chi connectivity index (χ4v) is 4.33. The van der Waals surface area contributed by atoms with Gasteiger partial charge in [0.05, 0.1) is 16.1 Å². The van der Waals surface area contributed by atoms with E-state index in [9.17, 15) is 21.6 Å². The quantitative estimate of drug-likeness (QED) is 0.314. The van der Waals surface area contributed by atoms with E-state index in [1.165, 1.54) is 12.1 Å². The Morgan fingerprint density at radius 3 is 2.00 bits per heavy atom. The van der Waals surface area contributed by atoms with Crippen molar-refractivity contribution >= 4 is 15.7 Å². The summed E-state index contributed by atoms with van der Waals surface area (Å²) in [7, 11) is -4.15. The molecule has 0 radical (unpaired) electrons. The maximum atomic E-state index is 13.3. The highest BCUT2D eigenvalue weighted by atomic mass is 32.2. The van der Waals surface area contributed by atoms with Crippen LogP contribution in [-0.2, 0) is 16.2 Å². The van der Waals surface area contributed by atoms with Crippen LogP contribution in [0.4, 0.5) is 18.9 Å². The molecule has 0 saturated carbocycles. The highest BCUT2D eigenvalue weighted by Gasteiger charge is 2.32. The molecule has 0 amide bonds. The van der Waals surface area contributed by atoms with E-state index in [4.69, 9.17) is 4.74 Å². The molecule has 174 valence electrons. The van der Waals surface area contributed by atoms with Crippen molar-refractivity contribution in [2.75, 3.05) is 4.72 Å². The van der Waals surface area contributed by atoms with E-state index in [1.54, 1.807) is 31.2 Å². The van der Waals surface area contributed by atoms with Gasteiger partial charge in [-0.3, -0.25) is 4.72 Å². The van der Waals surface area contributed by atoms with Gasteiger partial charge in [0.1, 0.15) is 5.75 Å². The third-order valence-electron chi connectivity index (χ3n) is 5.07. The zero-order chi connectivity index (χ0) is 24.3. The first kappa shape index (κ1) is 23.4. The number of alkyl halides is 3. The van der Waals surface area contributed by atoms with Crippen molar-refractivity contribution in [2.45, 2.75) is 18.0 Å². The molecular weight excluding hydrogens is 463 g/mol. The molecule has 1 N–H and O–H groups in total. The van der Waals surface area contributed by atoms with Gasteiger partial charge in [-0.05, 0) is 60.5 Å². The van der Waals surface area contributed by atoms with Crippen LogP contribution >= 0.6 is 0 Å². The van der Waals surface area contributed by atoms with Gasteiger partial charge in [-0.15, -0.1) is 0 Å². The standard InChI is InChI=1S/C26H20F3NO3S/c1-18-7-14-23(15-8-18)34(31,32)30-24-17-21(26(27,28)29)11-16-25(24)33-22-12-9-20(10-13-22)19-5-3-2-4-6-19/h2-17,30H,1H3. The zero-order valence-corrected chi connectivity index (χ0v) is 18.8. The molecule has 0 spiro atoms. The van der Waals surface area contributed by atoms with Gasteiger partial charge >= 0.3 is 6.18 Å². The van der Waals surface area contributed by atoms with E-state index in [0.717, 1.165) is 34.9 Å². The first-order valence-electron chi connectivity index (χ1n) is 10.3. The Labute approximate surface area is 195 Å². The Kier molecular flexibility index (Phi) is 6.34. The van der Waals surface area contributed by atoms with Crippen molar-refractivity contribution in [2.24, 2.45) is 0 Å². The number of aryl methyl sites for hydroxylation is 1. The third-order valence-corrected chi connectivity index (χ3v) is 6.45. The summed E-state index contributed by atoms with van der Waals surface area (Å²) in [5.74, 6) is 0.284. The monoisotopic (exact) mass is 483 g/mol. The molecule has 0 fully saturated rings. The molecule has 34 heavy (non-hydrogen) atoms. The van der Waals surface area contributed by atoms with Crippen molar-refractivity contribution in [1.29, 1.82) is 0 Å². The summed E-state index contributed by atoms with van der Waals surface area (Å²) >= 11 is 0. The van der Waals surface area contributed by atoms with E-state index in [-0.39, 0.29) is 16.3 Å². The van der Waals surface area contributed by atoms with Gasteiger partial charge in [0.2, 0.25) is 0 Å². The number of hydrogen-bond donors (Lipinski definition) is 1. The first-order chi connectivity index (χ1) is 16.1. The Balaban J connectivity index is 1.66. The molecule has 0 aliphatic heterocycles. The van der Waals surface area contributed by atoms with Gasteiger partial charge in [0, 0.05) is 0 Å². The maximum absolute atomic E-state index is 13.3. The molecular formula is C26H20F3NO3S. The number of anilines is 1. The maximum Gasteiger partial charge on any atom is 0.416 e. The number of rotatable bonds is 6. The fraction of sp³-hybridized carbons (Fsp3) is 0.0769. The fourth-order valence-electron chi connectivity index (χ4n) is 3.27. The average Bonchev–Trinajstić information content (AvgIpc) is 2.81. The summed E-state index contributed by atoms with van der Waals surface area (Å²) in [5, 5.41) is 0. The zero-order valence-electron chi connectivity index (χ0n) is 18.0. The highest BCUT2D eigenvalue weighted by Crippen LogP contribution is 2.38. The summed E-state index contributed by atoms with van der Waals surface area (Å²) < 4.78 is 73.6. The molecule has 0 atom stereocenters. The number of nitrogens with one attached hydrogen (secondary N) is 1. The van der Waals surface area contributed by atoms with Crippen LogP contribution in [0.1, 0.15) is 11.1 Å². The van der Waals surface area contributed by atoms with Crippen LogP contribution in [0.2, 0.25) is 0 Å². The van der Waals surface area contributed by atoms with Crippen molar-refractivity contribution < 1.29 is 26.3 Å². The van der Waals surface area contributed by atoms with Crippen LogP contribution in [-0.4, -0.2) is 8.42 Å². The van der Waals surface area contributed by atoms with Crippen molar-refractivity contribution in [3.05, 3.63) is 108 Å². The third kappa shape index (κ3) is 5.40. The molecule has 4 aromatic carbocycles. The molecule has 4 rings (SSSR count). The van der Waals surface area contributed by atoms with Gasteiger partial charge in [-0.25, -0.2) is 8.42 Å². The molecule has 4 nitrogen and oxygen atoms in total. The summed E-state index contributed by atoms with van der Waals surface area (Å²) in [6.45, 7) is 1.80. The Bertz CT molecular complexity index is 1380. The lowest BCUT2D eigenvalue weighted by atomic mass is 10.1. The van der Waals surface area contributed by atoms with E-state index in [1.807, 2.05) is 42.5 Å². The molecule has 0 aromatic heterocycles. The molecule has 0 saturated heterocycles. The number of hydrogen-bond acceptors (Lipinski definition) is 3. The van der Waals surface area contributed by atoms with Crippen molar-refractivity contribution in [3.63, 3.8) is 0 Å². The van der Waals surface area contributed by atoms with Crippen LogP contribution < -0.4 is 9.46 Å². The normalized spacial score (nSPS) is 11.8. The minimum absolute atomic E-state index is 0.0591. The number of benzene rings is 4.